The van der Waals surface area contributed by atoms with Gasteiger partial charge in [0.15, 0.2) is 0 Å². The van der Waals surface area contributed by atoms with Gasteiger partial charge < -0.3 is 10.3 Å². The second kappa shape index (κ2) is 7.29. The van der Waals surface area contributed by atoms with Crippen molar-refractivity contribution in [2.45, 2.75) is 6.54 Å². The molecule has 0 aliphatic rings. The molecular formula is C18H18N2OS. The maximum Gasteiger partial charge on any atom is 0.219 e. The van der Waals surface area contributed by atoms with Crippen LogP contribution < -0.4 is 5.32 Å². The number of para-hydroxylation sites is 1. The lowest BCUT2D eigenvalue weighted by atomic mass is 10.2. The van der Waals surface area contributed by atoms with E-state index < -0.39 is 0 Å². The van der Waals surface area contributed by atoms with Gasteiger partial charge in [-0.1, -0.05) is 60.3 Å². The first-order valence-corrected chi connectivity index (χ1v) is 8.31. The number of hydrogen-bond acceptors (Lipinski definition) is 3. The van der Waals surface area contributed by atoms with Crippen LogP contribution in [0.2, 0.25) is 0 Å². The van der Waals surface area contributed by atoms with E-state index in [0.717, 1.165) is 29.9 Å². The highest BCUT2D eigenvalue weighted by molar-refractivity contribution is 8.14. The summed E-state index contributed by atoms with van der Waals surface area (Å²) in [5, 5.41) is 4.78. The average Bonchev–Trinajstić information content (AvgIpc) is 2.98. The fraction of sp³-hybridized carbons (Fsp3) is 0.167. The number of aromatic amines is 1. The summed E-state index contributed by atoms with van der Waals surface area (Å²) < 4.78 is 0. The second-order valence-corrected chi connectivity index (χ2v) is 6.11. The van der Waals surface area contributed by atoms with Gasteiger partial charge >= 0.3 is 0 Å². The SMILES string of the molecule is O=C(SCCNCc1c[nH]c2ccccc12)c1ccccc1. The van der Waals surface area contributed by atoms with Crippen molar-refractivity contribution in [2.75, 3.05) is 12.3 Å². The highest BCUT2D eigenvalue weighted by Gasteiger charge is 2.05. The zero-order chi connectivity index (χ0) is 15.2. The molecule has 0 aliphatic carbocycles. The van der Waals surface area contributed by atoms with Crippen LogP contribution in [0, 0.1) is 0 Å². The van der Waals surface area contributed by atoms with Gasteiger partial charge in [-0.15, -0.1) is 0 Å². The Hall–Kier alpha value is -2.04. The molecule has 3 aromatic rings. The Morgan fingerprint density at radius 1 is 1.05 bits per heavy atom. The highest BCUT2D eigenvalue weighted by atomic mass is 32.2. The average molecular weight is 310 g/mol. The van der Waals surface area contributed by atoms with Crippen molar-refractivity contribution in [3.05, 3.63) is 71.9 Å². The van der Waals surface area contributed by atoms with Crippen molar-refractivity contribution in [3.63, 3.8) is 0 Å². The number of carbonyl (C=O) groups excluding carboxylic acids is 1. The summed E-state index contributed by atoms with van der Waals surface area (Å²) in [6, 6.07) is 17.7. The molecule has 0 spiro atoms. The van der Waals surface area contributed by atoms with Gasteiger partial charge in [0.25, 0.3) is 0 Å². The Labute approximate surface area is 134 Å². The maximum atomic E-state index is 11.9. The largest absolute Gasteiger partial charge is 0.361 e. The third kappa shape index (κ3) is 3.59. The third-order valence-electron chi connectivity index (χ3n) is 3.51. The van der Waals surface area contributed by atoms with Crippen LogP contribution in [-0.2, 0) is 6.54 Å². The topological polar surface area (TPSA) is 44.9 Å². The van der Waals surface area contributed by atoms with Gasteiger partial charge in [-0.2, -0.15) is 0 Å². The molecule has 0 fully saturated rings. The van der Waals surface area contributed by atoms with Crippen LogP contribution in [0.25, 0.3) is 10.9 Å². The van der Waals surface area contributed by atoms with Gasteiger partial charge in [0.2, 0.25) is 5.12 Å². The summed E-state index contributed by atoms with van der Waals surface area (Å²) in [6.07, 6.45) is 2.04. The van der Waals surface area contributed by atoms with Crippen molar-refractivity contribution >= 4 is 27.8 Å². The molecule has 2 aromatic carbocycles. The predicted octanol–water partition coefficient (Wildman–Crippen LogP) is 3.83. The Morgan fingerprint density at radius 2 is 1.82 bits per heavy atom. The monoisotopic (exact) mass is 310 g/mol. The number of H-pyrrole nitrogens is 1. The molecule has 0 amide bonds. The number of aromatic nitrogens is 1. The van der Waals surface area contributed by atoms with Gasteiger partial charge in [0.1, 0.15) is 0 Å². The van der Waals surface area contributed by atoms with Crippen LogP contribution in [0.5, 0.6) is 0 Å². The van der Waals surface area contributed by atoms with Crippen molar-refractivity contribution in [1.29, 1.82) is 0 Å². The summed E-state index contributed by atoms with van der Waals surface area (Å²) in [7, 11) is 0. The molecule has 1 aromatic heterocycles. The third-order valence-corrected chi connectivity index (χ3v) is 4.42. The van der Waals surface area contributed by atoms with E-state index in [2.05, 4.69) is 22.4 Å². The number of nitrogens with one attached hydrogen (secondary N) is 2. The van der Waals surface area contributed by atoms with E-state index in [-0.39, 0.29) is 5.12 Å². The molecule has 0 bridgehead atoms. The van der Waals surface area contributed by atoms with E-state index in [1.807, 2.05) is 48.7 Å². The summed E-state index contributed by atoms with van der Waals surface area (Å²) in [5.41, 5.74) is 3.19. The zero-order valence-corrected chi connectivity index (χ0v) is 13.0. The summed E-state index contributed by atoms with van der Waals surface area (Å²) in [4.78, 5) is 15.2. The number of carbonyl (C=O) groups is 1. The minimum atomic E-state index is 0.134. The van der Waals surface area contributed by atoms with Gasteiger partial charge in [0.05, 0.1) is 0 Å². The van der Waals surface area contributed by atoms with Crippen LogP contribution in [-0.4, -0.2) is 22.4 Å². The van der Waals surface area contributed by atoms with Crippen LogP contribution in [0.4, 0.5) is 0 Å². The fourth-order valence-corrected chi connectivity index (χ4v) is 3.11. The smallest absolute Gasteiger partial charge is 0.219 e. The van der Waals surface area contributed by atoms with Crippen LogP contribution in [0.15, 0.2) is 60.8 Å². The summed E-state index contributed by atoms with van der Waals surface area (Å²) in [6.45, 7) is 1.62. The molecule has 4 heteroatoms. The molecule has 1 heterocycles. The standard InChI is InChI=1S/C18H18N2OS/c21-18(14-6-2-1-3-7-14)22-11-10-19-12-15-13-20-17-9-5-4-8-16(15)17/h1-9,13,19-20H,10-12H2. The Morgan fingerprint density at radius 3 is 2.68 bits per heavy atom. The van der Waals surface area contributed by atoms with E-state index in [0.29, 0.717) is 0 Å². The second-order valence-electron chi connectivity index (χ2n) is 5.04. The van der Waals surface area contributed by atoms with Gasteiger partial charge in [-0.05, 0) is 11.6 Å². The lowest BCUT2D eigenvalue weighted by Crippen LogP contribution is -2.17. The maximum absolute atomic E-state index is 11.9. The number of benzene rings is 2. The molecule has 0 unspecified atom stereocenters. The first kappa shape index (κ1) is 14.9. The molecular weight excluding hydrogens is 292 g/mol. The quantitative estimate of drug-likeness (QED) is 0.680. The first-order chi connectivity index (χ1) is 10.8. The van der Waals surface area contributed by atoms with Gasteiger partial charge in [-0.3, -0.25) is 4.79 Å². The molecule has 0 radical (unpaired) electrons. The Bertz CT molecular complexity index is 752. The van der Waals surface area contributed by atoms with Gasteiger partial charge in [0, 0.05) is 41.5 Å². The lowest BCUT2D eigenvalue weighted by molar-refractivity contribution is 0.108. The fourth-order valence-electron chi connectivity index (χ4n) is 2.37. The van der Waals surface area contributed by atoms with Crippen molar-refractivity contribution < 1.29 is 4.79 Å². The number of hydrogen-bond donors (Lipinski definition) is 2. The minimum absolute atomic E-state index is 0.134. The number of rotatable bonds is 6. The van der Waals surface area contributed by atoms with Crippen molar-refractivity contribution in [1.82, 2.24) is 10.3 Å². The molecule has 112 valence electrons. The molecule has 0 saturated heterocycles. The van der Waals surface area contributed by atoms with E-state index in [1.54, 1.807) is 0 Å². The van der Waals surface area contributed by atoms with Crippen LogP contribution in [0.3, 0.4) is 0 Å². The molecule has 3 nitrogen and oxygen atoms in total. The predicted molar refractivity (Wildman–Crippen MR) is 93.2 cm³/mol. The van der Waals surface area contributed by atoms with E-state index in [9.17, 15) is 4.79 Å². The molecule has 2 N–H and O–H groups in total. The molecule has 0 saturated carbocycles. The van der Waals surface area contributed by atoms with Crippen molar-refractivity contribution in [2.24, 2.45) is 0 Å². The molecule has 3 rings (SSSR count). The van der Waals surface area contributed by atoms with Crippen LogP contribution in [0.1, 0.15) is 15.9 Å². The highest BCUT2D eigenvalue weighted by Crippen LogP contribution is 2.17. The molecule has 0 aliphatic heterocycles. The Kier molecular flexibility index (Phi) is 4.93. The first-order valence-electron chi connectivity index (χ1n) is 7.32. The molecule has 22 heavy (non-hydrogen) atoms. The summed E-state index contributed by atoms with van der Waals surface area (Å²) in [5.74, 6) is 0.774. The number of thioether (sulfide) groups is 1. The zero-order valence-electron chi connectivity index (χ0n) is 12.2. The lowest BCUT2D eigenvalue weighted by Gasteiger charge is -2.04. The van der Waals surface area contributed by atoms with E-state index >= 15 is 0 Å². The minimum Gasteiger partial charge on any atom is -0.361 e. The van der Waals surface area contributed by atoms with E-state index in [1.165, 1.54) is 22.7 Å². The van der Waals surface area contributed by atoms with Gasteiger partial charge in [-0.25, -0.2) is 0 Å². The van der Waals surface area contributed by atoms with Crippen molar-refractivity contribution in [3.8, 4) is 0 Å². The molecule has 0 atom stereocenters. The Balaban J connectivity index is 1.43. The van der Waals surface area contributed by atoms with E-state index in [4.69, 9.17) is 0 Å². The number of fused-ring (bicyclic) bond motifs is 1. The normalized spacial score (nSPS) is 10.9. The summed E-state index contributed by atoms with van der Waals surface area (Å²) >= 11 is 1.36. The van der Waals surface area contributed by atoms with Crippen LogP contribution >= 0.6 is 11.8 Å².